The molecular formula is C6H9O2. The van der Waals surface area contributed by atoms with Crippen LogP contribution in [0.4, 0.5) is 0 Å². The highest BCUT2D eigenvalue weighted by molar-refractivity contribution is 5.70. The molecule has 0 saturated heterocycles. The lowest BCUT2D eigenvalue weighted by atomic mass is 9.75. The Bertz CT molecular complexity index is 109. The van der Waals surface area contributed by atoms with Crippen LogP contribution in [0.1, 0.15) is 19.8 Å². The molecule has 8 heavy (non-hydrogen) atoms. The number of hydrogen-bond acceptors (Lipinski definition) is 1. The Morgan fingerprint density at radius 1 is 1.50 bits per heavy atom. The first-order valence-electron chi connectivity index (χ1n) is 2.92. The van der Waals surface area contributed by atoms with Gasteiger partial charge in [0.25, 0.3) is 0 Å². The minimum Gasteiger partial charge on any atom is -0.247 e. The topological polar surface area (TPSA) is 37.0 Å². The number of rotatable bonds is 1. The first-order chi connectivity index (χ1) is 3.72. The summed E-state index contributed by atoms with van der Waals surface area (Å²) >= 11 is 0. The molecule has 2 unspecified atom stereocenters. The van der Waals surface area contributed by atoms with E-state index < -0.39 is 5.97 Å². The number of carbonyl (C=O) groups excluding carboxylic acids is 1. The number of carbonyl (C=O) groups is 1. The van der Waals surface area contributed by atoms with Gasteiger partial charge in [-0.1, -0.05) is 6.92 Å². The molecule has 0 aliphatic heterocycles. The Kier molecular flexibility index (Phi) is 1.24. The molecule has 1 aliphatic carbocycles. The highest BCUT2D eigenvalue weighted by Crippen LogP contribution is 2.33. The van der Waals surface area contributed by atoms with Gasteiger partial charge >= 0.3 is 5.97 Å². The molecule has 1 saturated carbocycles. The number of hydrogen-bond donors (Lipinski definition) is 0. The van der Waals surface area contributed by atoms with Gasteiger partial charge in [-0.15, -0.1) is 0 Å². The van der Waals surface area contributed by atoms with E-state index in [1.807, 2.05) is 6.92 Å². The average Bonchev–Trinajstić information content (AvgIpc) is 1.61. The van der Waals surface area contributed by atoms with Gasteiger partial charge in [0.15, 0.2) is 0 Å². The molecule has 2 nitrogen and oxygen atoms in total. The summed E-state index contributed by atoms with van der Waals surface area (Å²) in [4.78, 5) is 10.1. The van der Waals surface area contributed by atoms with Gasteiger partial charge in [-0.05, 0) is 18.8 Å². The minimum absolute atomic E-state index is 0.144. The first kappa shape index (κ1) is 5.60. The van der Waals surface area contributed by atoms with E-state index in [4.69, 9.17) is 0 Å². The first-order valence-corrected chi connectivity index (χ1v) is 2.92. The van der Waals surface area contributed by atoms with Gasteiger partial charge in [-0.25, -0.2) is 9.90 Å². The van der Waals surface area contributed by atoms with Gasteiger partial charge < -0.3 is 0 Å². The molecule has 0 aromatic heterocycles. The van der Waals surface area contributed by atoms with E-state index in [1.54, 1.807) is 0 Å². The van der Waals surface area contributed by atoms with Crippen LogP contribution >= 0.6 is 0 Å². The molecule has 1 radical (unpaired) electrons. The van der Waals surface area contributed by atoms with Crippen molar-refractivity contribution in [3.05, 3.63) is 0 Å². The molecule has 0 aromatic rings. The fourth-order valence-corrected chi connectivity index (χ4v) is 1.02. The summed E-state index contributed by atoms with van der Waals surface area (Å²) in [5.74, 6) is -0.654. The molecule has 0 spiro atoms. The van der Waals surface area contributed by atoms with Crippen LogP contribution in [0.2, 0.25) is 0 Å². The molecule has 0 N–H and O–H groups in total. The molecule has 0 amide bonds. The van der Waals surface area contributed by atoms with Crippen molar-refractivity contribution in [3.8, 4) is 0 Å². The molecule has 0 bridgehead atoms. The fraction of sp³-hybridized carbons (Fsp3) is 0.833. The van der Waals surface area contributed by atoms with E-state index in [9.17, 15) is 9.90 Å². The molecule has 2 heteroatoms. The van der Waals surface area contributed by atoms with Crippen molar-refractivity contribution in [1.82, 2.24) is 0 Å². The van der Waals surface area contributed by atoms with E-state index in [1.165, 1.54) is 0 Å². The van der Waals surface area contributed by atoms with Gasteiger partial charge in [0.2, 0.25) is 0 Å². The normalized spacial score (nSPS) is 36.1. The average molecular weight is 113 g/mol. The molecule has 0 heterocycles. The lowest BCUT2D eigenvalue weighted by Crippen LogP contribution is -2.29. The van der Waals surface area contributed by atoms with E-state index in [-0.39, 0.29) is 5.92 Å². The standard InChI is InChI=1S/C6H9O2/c1-4-2-3-5(4)6(7)8/h4-5H,2-3H2,1H3. The van der Waals surface area contributed by atoms with E-state index >= 15 is 0 Å². The lowest BCUT2D eigenvalue weighted by Gasteiger charge is -2.28. The summed E-state index contributed by atoms with van der Waals surface area (Å²) in [6.07, 6.45) is 1.88. The zero-order valence-electron chi connectivity index (χ0n) is 4.89. The summed E-state index contributed by atoms with van der Waals surface area (Å²) in [7, 11) is 0. The van der Waals surface area contributed by atoms with Crippen LogP contribution in [0.15, 0.2) is 0 Å². The van der Waals surface area contributed by atoms with Crippen molar-refractivity contribution in [2.75, 3.05) is 0 Å². The predicted octanol–water partition coefficient (Wildman–Crippen LogP) is 0.990. The minimum atomic E-state index is -0.872. The molecule has 1 rings (SSSR count). The van der Waals surface area contributed by atoms with Crippen molar-refractivity contribution >= 4 is 5.97 Å². The Labute approximate surface area is 48.5 Å². The maximum Gasteiger partial charge on any atom is 0.358 e. The fourth-order valence-electron chi connectivity index (χ4n) is 1.02. The highest BCUT2D eigenvalue weighted by Gasteiger charge is 2.33. The Hall–Kier alpha value is -0.530. The maximum atomic E-state index is 10.1. The third-order valence-corrected chi connectivity index (χ3v) is 1.92. The SMILES string of the molecule is CC1CCC1C([O])=O. The van der Waals surface area contributed by atoms with Gasteiger partial charge in [0.1, 0.15) is 0 Å². The Balaban J connectivity index is 2.37. The van der Waals surface area contributed by atoms with Gasteiger partial charge in [0, 0.05) is 0 Å². The Morgan fingerprint density at radius 2 is 2.12 bits per heavy atom. The third kappa shape index (κ3) is 0.703. The third-order valence-electron chi connectivity index (χ3n) is 1.92. The van der Waals surface area contributed by atoms with Crippen LogP contribution in [-0.2, 0) is 9.90 Å². The highest BCUT2D eigenvalue weighted by atomic mass is 16.4. The molecular weight excluding hydrogens is 104 g/mol. The molecule has 2 atom stereocenters. The molecule has 1 fully saturated rings. The van der Waals surface area contributed by atoms with Gasteiger partial charge in [0.05, 0.1) is 5.92 Å². The molecule has 45 valence electrons. The Morgan fingerprint density at radius 3 is 2.12 bits per heavy atom. The zero-order valence-corrected chi connectivity index (χ0v) is 4.89. The maximum absolute atomic E-state index is 10.1. The van der Waals surface area contributed by atoms with Crippen molar-refractivity contribution in [2.45, 2.75) is 19.8 Å². The van der Waals surface area contributed by atoms with Crippen LogP contribution in [0, 0.1) is 11.8 Å². The van der Waals surface area contributed by atoms with Crippen LogP contribution in [0.3, 0.4) is 0 Å². The quantitative estimate of drug-likeness (QED) is 0.499. The second kappa shape index (κ2) is 1.77. The zero-order chi connectivity index (χ0) is 6.15. The van der Waals surface area contributed by atoms with Gasteiger partial charge in [-0.2, -0.15) is 0 Å². The smallest absolute Gasteiger partial charge is 0.247 e. The summed E-state index contributed by atoms with van der Waals surface area (Å²) in [6.45, 7) is 1.95. The summed E-state index contributed by atoms with van der Waals surface area (Å²) < 4.78 is 0. The van der Waals surface area contributed by atoms with Crippen LogP contribution < -0.4 is 0 Å². The van der Waals surface area contributed by atoms with Crippen LogP contribution in [0.5, 0.6) is 0 Å². The summed E-state index contributed by atoms with van der Waals surface area (Å²) in [5, 5.41) is 10.1. The molecule has 0 aromatic carbocycles. The van der Waals surface area contributed by atoms with Crippen molar-refractivity contribution < 1.29 is 9.90 Å². The van der Waals surface area contributed by atoms with E-state index in [2.05, 4.69) is 0 Å². The van der Waals surface area contributed by atoms with Crippen molar-refractivity contribution in [3.63, 3.8) is 0 Å². The van der Waals surface area contributed by atoms with E-state index in [0.717, 1.165) is 12.8 Å². The summed E-state index contributed by atoms with van der Waals surface area (Å²) in [5.41, 5.74) is 0. The second-order valence-corrected chi connectivity index (χ2v) is 2.48. The van der Waals surface area contributed by atoms with Crippen molar-refractivity contribution in [1.29, 1.82) is 0 Å². The second-order valence-electron chi connectivity index (χ2n) is 2.48. The lowest BCUT2D eigenvalue weighted by molar-refractivity contribution is -0.153. The van der Waals surface area contributed by atoms with Crippen LogP contribution in [-0.4, -0.2) is 5.97 Å². The van der Waals surface area contributed by atoms with Crippen LogP contribution in [0.25, 0.3) is 0 Å². The summed E-state index contributed by atoms with van der Waals surface area (Å²) in [6, 6.07) is 0. The molecule has 1 aliphatic rings. The monoisotopic (exact) mass is 113 g/mol. The largest absolute Gasteiger partial charge is 0.358 e. The predicted molar refractivity (Wildman–Crippen MR) is 27.6 cm³/mol. The van der Waals surface area contributed by atoms with Gasteiger partial charge in [-0.3, -0.25) is 0 Å². The van der Waals surface area contributed by atoms with Crippen molar-refractivity contribution in [2.24, 2.45) is 11.8 Å². The van der Waals surface area contributed by atoms with E-state index in [0.29, 0.717) is 5.92 Å².